The molecule has 5 rings (SSSR count). The average molecular weight is 531 g/mol. The van der Waals surface area contributed by atoms with Crippen LogP contribution in [0.1, 0.15) is 35.3 Å². The summed E-state index contributed by atoms with van der Waals surface area (Å²) in [6.45, 7) is 7.48. The molecule has 7 nitrogen and oxygen atoms in total. The van der Waals surface area contributed by atoms with Gasteiger partial charge in [0.2, 0.25) is 5.95 Å². The van der Waals surface area contributed by atoms with Gasteiger partial charge in [0.15, 0.2) is 0 Å². The predicted molar refractivity (Wildman–Crippen MR) is 164 cm³/mol. The molecule has 202 valence electrons. The molecule has 0 aliphatic heterocycles. The van der Waals surface area contributed by atoms with E-state index in [9.17, 15) is 4.79 Å². The molecular weight excluding hydrogens is 496 g/mol. The first-order valence-electron chi connectivity index (χ1n) is 13.6. The summed E-state index contributed by atoms with van der Waals surface area (Å²) in [7, 11) is 0. The number of anilines is 3. The highest BCUT2D eigenvalue weighted by molar-refractivity contribution is 6.05. The number of nitrogens with two attached hydrogens (primary N) is 1. The van der Waals surface area contributed by atoms with Crippen LogP contribution in [0, 0.1) is 0 Å². The number of carbonyl (C=O) groups is 1. The van der Waals surface area contributed by atoms with Gasteiger partial charge < -0.3 is 16.4 Å². The van der Waals surface area contributed by atoms with Gasteiger partial charge >= 0.3 is 0 Å². The summed E-state index contributed by atoms with van der Waals surface area (Å²) < 4.78 is 0. The zero-order chi connectivity index (χ0) is 27.9. The maximum atomic E-state index is 13.0. The van der Waals surface area contributed by atoms with Crippen molar-refractivity contribution < 1.29 is 4.79 Å². The van der Waals surface area contributed by atoms with Gasteiger partial charge in [-0.25, -0.2) is 9.97 Å². The van der Waals surface area contributed by atoms with Gasteiger partial charge in [0.25, 0.3) is 5.91 Å². The first-order chi connectivity index (χ1) is 19.6. The number of aromatic nitrogens is 2. The summed E-state index contributed by atoms with van der Waals surface area (Å²) in [5.74, 6) is 0.304. The lowest BCUT2D eigenvalue weighted by Crippen LogP contribution is -2.22. The monoisotopic (exact) mass is 530 g/mol. The summed E-state index contributed by atoms with van der Waals surface area (Å²) in [6.07, 6.45) is 0. The second-order valence-corrected chi connectivity index (χ2v) is 9.59. The van der Waals surface area contributed by atoms with Crippen LogP contribution in [0.2, 0.25) is 0 Å². The van der Waals surface area contributed by atoms with Crippen LogP contribution in [-0.2, 0) is 13.1 Å². The first kappa shape index (κ1) is 27.0. The van der Waals surface area contributed by atoms with E-state index >= 15 is 0 Å². The normalized spacial score (nSPS) is 11.1. The van der Waals surface area contributed by atoms with E-state index in [1.165, 1.54) is 5.56 Å². The fourth-order valence-electron chi connectivity index (χ4n) is 4.72. The van der Waals surface area contributed by atoms with Gasteiger partial charge in [0.05, 0.1) is 11.2 Å². The van der Waals surface area contributed by atoms with Crippen LogP contribution in [0.25, 0.3) is 22.2 Å². The van der Waals surface area contributed by atoms with Crippen molar-refractivity contribution in [1.29, 1.82) is 0 Å². The zero-order valence-corrected chi connectivity index (χ0v) is 22.9. The van der Waals surface area contributed by atoms with E-state index in [-0.39, 0.29) is 5.91 Å². The van der Waals surface area contributed by atoms with E-state index in [1.54, 1.807) is 12.1 Å². The second kappa shape index (κ2) is 12.5. The minimum absolute atomic E-state index is 0.189. The van der Waals surface area contributed by atoms with Crippen molar-refractivity contribution in [3.8, 4) is 11.3 Å². The summed E-state index contributed by atoms with van der Waals surface area (Å²) in [4.78, 5) is 24.9. The number of fused-ring (bicyclic) bond motifs is 1. The van der Waals surface area contributed by atoms with Crippen LogP contribution in [0.3, 0.4) is 0 Å². The van der Waals surface area contributed by atoms with Crippen LogP contribution >= 0.6 is 0 Å². The number of nitrogens with zero attached hydrogens (tertiary/aromatic N) is 3. The van der Waals surface area contributed by atoms with E-state index in [0.717, 1.165) is 58.7 Å². The standard InChI is InChI=1S/C33H34N6O/c1-3-39(4-2)22-23-14-19-29(26(20-23)21-34)36-32(40)25-15-17-27(18-16-25)35-33-37-30-13-9-8-12-28(30)31(38-33)24-10-6-5-7-11-24/h5-20H,3-4,21-22,34H2,1-2H3,(H,36,40)(H,35,37,38). The van der Waals surface area contributed by atoms with Gasteiger partial charge in [0, 0.05) is 41.0 Å². The molecule has 0 bridgehead atoms. The number of carbonyl (C=O) groups excluding carboxylic acids is 1. The summed E-state index contributed by atoms with van der Waals surface area (Å²) in [5, 5.41) is 7.31. The summed E-state index contributed by atoms with van der Waals surface area (Å²) in [6, 6.07) is 31.4. The average Bonchev–Trinajstić information content (AvgIpc) is 3.00. The van der Waals surface area contributed by atoms with E-state index in [2.05, 4.69) is 35.4 Å². The lowest BCUT2D eigenvalue weighted by atomic mass is 10.1. The number of benzene rings is 4. The number of rotatable bonds is 10. The lowest BCUT2D eigenvalue weighted by Gasteiger charge is -2.19. The molecule has 0 radical (unpaired) electrons. The molecular formula is C33H34N6O. The highest BCUT2D eigenvalue weighted by atomic mass is 16.1. The summed E-state index contributed by atoms with van der Waals surface area (Å²) in [5.41, 5.74) is 12.9. The zero-order valence-electron chi connectivity index (χ0n) is 22.9. The molecule has 7 heteroatoms. The molecule has 0 spiro atoms. The fraction of sp³-hybridized carbons (Fsp3) is 0.182. The van der Waals surface area contributed by atoms with E-state index in [1.807, 2.05) is 78.9 Å². The third-order valence-corrected chi connectivity index (χ3v) is 6.99. The minimum Gasteiger partial charge on any atom is -0.326 e. The Kier molecular flexibility index (Phi) is 8.44. The Morgan fingerprint density at radius 1 is 0.850 bits per heavy atom. The van der Waals surface area contributed by atoms with Crippen LogP contribution in [-0.4, -0.2) is 33.9 Å². The van der Waals surface area contributed by atoms with Gasteiger partial charge in [-0.15, -0.1) is 0 Å². The van der Waals surface area contributed by atoms with Crippen LogP contribution < -0.4 is 16.4 Å². The third-order valence-electron chi connectivity index (χ3n) is 6.99. The number of nitrogens with one attached hydrogen (secondary N) is 2. The highest BCUT2D eigenvalue weighted by Crippen LogP contribution is 2.28. The van der Waals surface area contributed by atoms with Crippen LogP contribution in [0.5, 0.6) is 0 Å². The highest BCUT2D eigenvalue weighted by Gasteiger charge is 2.13. The second-order valence-electron chi connectivity index (χ2n) is 9.59. The minimum atomic E-state index is -0.189. The largest absolute Gasteiger partial charge is 0.326 e. The Morgan fingerprint density at radius 3 is 2.30 bits per heavy atom. The smallest absolute Gasteiger partial charge is 0.255 e. The molecule has 0 unspecified atom stereocenters. The molecule has 1 aromatic heterocycles. The molecule has 0 atom stereocenters. The number of amides is 1. The summed E-state index contributed by atoms with van der Waals surface area (Å²) >= 11 is 0. The molecule has 0 aliphatic rings. The van der Waals surface area contributed by atoms with Gasteiger partial charge in [0.1, 0.15) is 0 Å². The Balaban J connectivity index is 1.32. The van der Waals surface area contributed by atoms with Crippen molar-refractivity contribution in [2.24, 2.45) is 5.73 Å². The third kappa shape index (κ3) is 6.17. The van der Waals surface area contributed by atoms with E-state index in [4.69, 9.17) is 15.7 Å². The van der Waals surface area contributed by atoms with Crippen LogP contribution in [0.15, 0.2) is 97.1 Å². The van der Waals surface area contributed by atoms with E-state index < -0.39 is 0 Å². The van der Waals surface area contributed by atoms with Gasteiger partial charge in [-0.05, 0) is 60.6 Å². The van der Waals surface area contributed by atoms with Gasteiger partial charge in [-0.1, -0.05) is 74.5 Å². The maximum absolute atomic E-state index is 13.0. The number of hydrogen-bond donors (Lipinski definition) is 3. The molecule has 40 heavy (non-hydrogen) atoms. The molecule has 0 saturated heterocycles. The van der Waals surface area contributed by atoms with Gasteiger partial charge in [-0.2, -0.15) is 0 Å². The quantitative estimate of drug-likeness (QED) is 0.188. The Morgan fingerprint density at radius 2 is 1.57 bits per heavy atom. The number of hydrogen-bond acceptors (Lipinski definition) is 6. The Labute approximate surface area is 235 Å². The topological polar surface area (TPSA) is 96.2 Å². The molecule has 0 fully saturated rings. The lowest BCUT2D eigenvalue weighted by molar-refractivity contribution is 0.102. The Hall–Kier alpha value is -4.59. The molecule has 1 heterocycles. The SMILES string of the molecule is CCN(CC)Cc1ccc(NC(=O)c2ccc(Nc3nc(-c4ccccc4)c4ccccc4n3)cc2)c(CN)c1. The molecule has 0 aliphatic carbocycles. The molecule has 4 aromatic carbocycles. The van der Waals surface area contributed by atoms with Crippen molar-refractivity contribution in [2.75, 3.05) is 23.7 Å². The fourth-order valence-corrected chi connectivity index (χ4v) is 4.72. The van der Waals surface area contributed by atoms with Gasteiger partial charge in [-0.3, -0.25) is 9.69 Å². The Bertz CT molecular complexity index is 1600. The van der Waals surface area contributed by atoms with E-state index in [0.29, 0.717) is 18.1 Å². The van der Waals surface area contributed by atoms with Crippen molar-refractivity contribution in [3.63, 3.8) is 0 Å². The van der Waals surface area contributed by atoms with Crippen molar-refractivity contribution in [2.45, 2.75) is 26.9 Å². The molecule has 0 saturated carbocycles. The maximum Gasteiger partial charge on any atom is 0.255 e. The molecule has 4 N–H and O–H groups in total. The number of para-hydroxylation sites is 1. The van der Waals surface area contributed by atoms with Crippen molar-refractivity contribution in [1.82, 2.24) is 14.9 Å². The predicted octanol–water partition coefficient (Wildman–Crippen LogP) is 6.59. The first-order valence-corrected chi connectivity index (χ1v) is 13.6. The van der Waals surface area contributed by atoms with Crippen LogP contribution in [0.4, 0.5) is 17.3 Å². The van der Waals surface area contributed by atoms with Crippen molar-refractivity contribution >= 4 is 34.1 Å². The van der Waals surface area contributed by atoms with Crippen molar-refractivity contribution in [3.05, 3.63) is 114 Å². The molecule has 5 aromatic rings. The molecule has 1 amide bonds.